The Bertz CT molecular complexity index is 1710. The maximum atomic E-state index is 14.6. The maximum Gasteiger partial charge on any atom is 0.264 e. The van der Waals surface area contributed by atoms with E-state index in [1.165, 1.54) is 17.0 Å². The van der Waals surface area contributed by atoms with Crippen molar-refractivity contribution in [2.24, 2.45) is 5.92 Å². The molecule has 0 aliphatic heterocycles. The van der Waals surface area contributed by atoms with E-state index in [1.54, 1.807) is 30.3 Å². The molecule has 0 radical (unpaired) electrons. The highest BCUT2D eigenvalue weighted by Gasteiger charge is 2.34. The first-order chi connectivity index (χ1) is 21.5. The molecule has 0 heterocycles. The maximum absolute atomic E-state index is 14.6. The lowest BCUT2D eigenvalue weighted by Gasteiger charge is -2.34. The summed E-state index contributed by atoms with van der Waals surface area (Å²) in [5, 5.41) is 3.03. The van der Waals surface area contributed by atoms with Crippen molar-refractivity contribution >= 4 is 27.5 Å². The number of benzene rings is 4. The molecule has 0 aliphatic rings. The van der Waals surface area contributed by atoms with E-state index < -0.39 is 28.5 Å². The van der Waals surface area contributed by atoms with Gasteiger partial charge >= 0.3 is 0 Å². The zero-order chi connectivity index (χ0) is 32.6. The third-order valence-electron chi connectivity index (χ3n) is 7.78. The highest BCUT2D eigenvalue weighted by Crippen LogP contribution is 2.27. The summed E-state index contributed by atoms with van der Waals surface area (Å²) in [5.41, 5.74) is 5.06. The predicted octanol–water partition coefficient (Wildman–Crippen LogP) is 6.22. The predicted molar refractivity (Wildman–Crippen MR) is 180 cm³/mol. The third-order valence-corrected chi connectivity index (χ3v) is 9.57. The summed E-state index contributed by atoms with van der Waals surface area (Å²) in [6.45, 7) is 9.97. The highest BCUT2D eigenvalue weighted by atomic mass is 32.2. The van der Waals surface area contributed by atoms with Gasteiger partial charge in [0.05, 0.1) is 10.6 Å². The fraction of sp³-hybridized carbons (Fsp3) is 0.297. The van der Waals surface area contributed by atoms with Crippen LogP contribution in [0.3, 0.4) is 0 Å². The van der Waals surface area contributed by atoms with E-state index in [2.05, 4.69) is 5.32 Å². The van der Waals surface area contributed by atoms with Crippen LogP contribution in [0.25, 0.3) is 0 Å². The van der Waals surface area contributed by atoms with Gasteiger partial charge < -0.3 is 10.2 Å². The van der Waals surface area contributed by atoms with Crippen molar-refractivity contribution in [3.63, 3.8) is 0 Å². The summed E-state index contributed by atoms with van der Waals surface area (Å²) in [5.74, 6) is -0.546. The minimum atomic E-state index is -4.13. The van der Waals surface area contributed by atoms with E-state index in [9.17, 15) is 18.0 Å². The molecule has 0 spiro atoms. The second kappa shape index (κ2) is 15.0. The van der Waals surface area contributed by atoms with Crippen LogP contribution in [0.2, 0.25) is 0 Å². The van der Waals surface area contributed by atoms with Gasteiger partial charge in [0.1, 0.15) is 12.6 Å². The van der Waals surface area contributed by atoms with Gasteiger partial charge in [-0.3, -0.25) is 13.9 Å². The molecule has 4 aromatic rings. The zero-order valence-corrected chi connectivity index (χ0v) is 27.6. The molecule has 8 heteroatoms. The quantitative estimate of drug-likeness (QED) is 0.191. The second-order valence-corrected chi connectivity index (χ2v) is 13.8. The Morgan fingerprint density at radius 1 is 0.756 bits per heavy atom. The molecule has 0 aliphatic carbocycles. The smallest absolute Gasteiger partial charge is 0.264 e. The number of aryl methyl sites for hydroxylation is 3. The first-order valence-electron chi connectivity index (χ1n) is 15.3. The van der Waals surface area contributed by atoms with Crippen molar-refractivity contribution < 1.29 is 18.0 Å². The monoisotopic (exact) mass is 625 g/mol. The lowest BCUT2D eigenvalue weighted by Crippen LogP contribution is -2.53. The first-order valence-corrected chi connectivity index (χ1v) is 16.7. The fourth-order valence-electron chi connectivity index (χ4n) is 5.11. The van der Waals surface area contributed by atoms with Gasteiger partial charge in [-0.15, -0.1) is 0 Å². The van der Waals surface area contributed by atoms with E-state index in [4.69, 9.17) is 0 Å². The number of amides is 2. The summed E-state index contributed by atoms with van der Waals surface area (Å²) in [7, 11) is -4.13. The topological polar surface area (TPSA) is 86.8 Å². The van der Waals surface area contributed by atoms with Crippen LogP contribution in [0.5, 0.6) is 0 Å². The molecule has 0 bridgehead atoms. The van der Waals surface area contributed by atoms with Crippen LogP contribution in [0, 0.1) is 26.7 Å². The number of rotatable bonds is 13. The molecule has 0 fully saturated rings. The Hall–Kier alpha value is -4.43. The number of carbonyl (C=O) groups is 2. The first kappa shape index (κ1) is 33.5. The van der Waals surface area contributed by atoms with E-state index in [1.807, 2.05) is 95.3 Å². The van der Waals surface area contributed by atoms with Crippen LogP contribution < -0.4 is 9.62 Å². The number of nitrogens with one attached hydrogen (secondary N) is 1. The highest BCUT2D eigenvalue weighted by molar-refractivity contribution is 7.92. The summed E-state index contributed by atoms with van der Waals surface area (Å²) < 4.78 is 29.4. The van der Waals surface area contributed by atoms with Crippen molar-refractivity contribution in [3.05, 3.63) is 131 Å². The standard InChI is InChI=1S/C37H43N3O4S/c1-27(2)24-38-37(42)35(23-31-14-8-6-9-15-31)39(25-32-16-12-13-28(3)21-32)36(41)26-40(33-20-19-29(4)30(5)22-33)45(43,44)34-17-10-7-11-18-34/h6-22,27,35H,23-26H2,1-5H3,(H,38,42)/t35-/m1/s1. The molecule has 7 nitrogen and oxygen atoms in total. The second-order valence-electron chi connectivity index (χ2n) is 11.9. The average Bonchev–Trinajstić information content (AvgIpc) is 3.02. The summed E-state index contributed by atoms with van der Waals surface area (Å²) in [6, 6.07) is 29.9. The Morgan fingerprint density at radius 3 is 2.02 bits per heavy atom. The normalized spacial score (nSPS) is 12.0. The molecule has 4 aromatic carbocycles. The molecular formula is C37H43N3O4S. The van der Waals surface area contributed by atoms with E-state index in [0.29, 0.717) is 12.2 Å². The van der Waals surface area contributed by atoms with Crippen molar-refractivity contribution in [2.45, 2.75) is 58.5 Å². The number of anilines is 1. The molecule has 0 aromatic heterocycles. The molecule has 236 valence electrons. The van der Waals surface area contributed by atoms with Crippen LogP contribution in [-0.2, 0) is 32.6 Å². The van der Waals surface area contributed by atoms with Crippen LogP contribution in [0.1, 0.15) is 41.7 Å². The number of hydrogen-bond acceptors (Lipinski definition) is 4. The van der Waals surface area contributed by atoms with Gasteiger partial charge in [0.15, 0.2) is 0 Å². The molecular weight excluding hydrogens is 582 g/mol. The van der Waals surface area contributed by atoms with Gasteiger partial charge in [0, 0.05) is 19.5 Å². The summed E-state index contributed by atoms with van der Waals surface area (Å²) >= 11 is 0. The van der Waals surface area contributed by atoms with Gasteiger partial charge in [-0.25, -0.2) is 8.42 Å². The Balaban J connectivity index is 1.81. The van der Waals surface area contributed by atoms with E-state index in [-0.39, 0.29) is 29.7 Å². The van der Waals surface area contributed by atoms with Crippen molar-refractivity contribution in [3.8, 4) is 0 Å². The van der Waals surface area contributed by atoms with Gasteiger partial charge in [0.25, 0.3) is 10.0 Å². The van der Waals surface area contributed by atoms with Crippen LogP contribution in [-0.4, -0.2) is 44.3 Å². The van der Waals surface area contributed by atoms with Crippen molar-refractivity contribution in [1.82, 2.24) is 10.2 Å². The van der Waals surface area contributed by atoms with Gasteiger partial charge in [-0.2, -0.15) is 0 Å². The van der Waals surface area contributed by atoms with Crippen LogP contribution in [0.4, 0.5) is 5.69 Å². The van der Waals surface area contributed by atoms with Crippen LogP contribution >= 0.6 is 0 Å². The minimum Gasteiger partial charge on any atom is -0.354 e. The molecule has 0 saturated heterocycles. The Labute approximate surface area is 268 Å². The fourth-order valence-corrected chi connectivity index (χ4v) is 6.54. The number of carbonyl (C=O) groups excluding carboxylic acids is 2. The van der Waals surface area contributed by atoms with Gasteiger partial charge in [-0.1, -0.05) is 98.3 Å². The van der Waals surface area contributed by atoms with E-state index >= 15 is 0 Å². The summed E-state index contributed by atoms with van der Waals surface area (Å²) in [6.07, 6.45) is 0.275. The molecule has 0 unspecified atom stereocenters. The van der Waals surface area contributed by atoms with Gasteiger partial charge in [0.2, 0.25) is 11.8 Å². The van der Waals surface area contributed by atoms with Crippen molar-refractivity contribution in [1.29, 1.82) is 0 Å². The SMILES string of the molecule is Cc1cccc(CN(C(=O)CN(c2ccc(C)c(C)c2)S(=O)(=O)c2ccccc2)[C@H](Cc2ccccc2)C(=O)NCC(C)C)c1. The number of sulfonamides is 1. The minimum absolute atomic E-state index is 0.0803. The number of nitrogens with zero attached hydrogens (tertiary/aromatic N) is 2. The molecule has 45 heavy (non-hydrogen) atoms. The Kier molecular flexibility index (Phi) is 11.2. The average molecular weight is 626 g/mol. The third kappa shape index (κ3) is 8.82. The van der Waals surface area contributed by atoms with Crippen molar-refractivity contribution in [2.75, 3.05) is 17.4 Å². The molecule has 0 saturated carbocycles. The van der Waals surface area contributed by atoms with E-state index in [0.717, 1.165) is 32.1 Å². The molecule has 2 amide bonds. The largest absolute Gasteiger partial charge is 0.354 e. The zero-order valence-electron chi connectivity index (χ0n) is 26.7. The summed E-state index contributed by atoms with van der Waals surface area (Å²) in [4.78, 5) is 30.0. The molecule has 1 N–H and O–H groups in total. The number of hydrogen-bond donors (Lipinski definition) is 1. The Morgan fingerprint density at radius 2 is 1.40 bits per heavy atom. The lowest BCUT2D eigenvalue weighted by atomic mass is 10.0. The van der Waals surface area contributed by atoms with Crippen LogP contribution in [0.15, 0.2) is 108 Å². The molecule has 1 atom stereocenters. The van der Waals surface area contributed by atoms with Gasteiger partial charge in [-0.05, 0) is 73.2 Å². The lowest BCUT2D eigenvalue weighted by molar-refractivity contribution is -0.140. The molecule has 4 rings (SSSR count).